The average Bonchev–Trinajstić information content (AvgIpc) is 2.78. The van der Waals surface area contributed by atoms with E-state index in [1.807, 2.05) is 72.8 Å². The fraction of sp³-hybridized carbons (Fsp3) is 0.192. The van der Waals surface area contributed by atoms with E-state index in [0.29, 0.717) is 17.2 Å². The van der Waals surface area contributed by atoms with Crippen molar-refractivity contribution in [3.63, 3.8) is 0 Å². The maximum Gasteiger partial charge on any atom is 0.315 e. The van der Waals surface area contributed by atoms with Gasteiger partial charge in [0.2, 0.25) is 0 Å². The third-order valence-corrected chi connectivity index (χ3v) is 5.63. The molecule has 3 aromatic carbocycles. The van der Waals surface area contributed by atoms with Gasteiger partial charge in [-0.1, -0.05) is 41.9 Å². The maximum absolute atomic E-state index is 12.6. The number of allylic oxidation sites excluding steroid dienone is 1. The van der Waals surface area contributed by atoms with Crippen LogP contribution in [0.3, 0.4) is 0 Å². The molecule has 0 saturated heterocycles. The molecule has 3 aromatic rings. The summed E-state index contributed by atoms with van der Waals surface area (Å²) in [4.78, 5) is 12.6. The second-order valence-corrected chi connectivity index (χ2v) is 7.85. The number of carbonyl (C=O) groups is 1. The molecule has 0 radical (unpaired) electrons. The second kappa shape index (κ2) is 9.27. The lowest BCUT2D eigenvalue weighted by Crippen LogP contribution is -2.15. The van der Waals surface area contributed by atoms with Gasteiger partial charge < -0.3 is 14.2 Å². The van der Waals surface area contributed by atoms with Gasteiger partial charge in [0.25, 0.3) is 0 Å². The first-order valence-electron chi connectivity index (χ1n) is 10.0. The quantitative estimate of drug-likeness (QED) is 0.445. The zero-order valence-corrected chi connectivity index (χ0v) is 18.2. The summed E-state index contributed by atoms with van der Waals surface area (Å²) < 4.78 is 16.4. The first kappa shape index (κ1) is 21.0. The van der Waals surface area contributed by atoms with E-state index in [1.54, 1.807) is 14.2 Å². The summed E-state index contributed by atoms with van der Waals surface area (Å²) in [6, 6.07) is 21.1. The number of fused-ring (bicyclic) bond motifs is 1. The van der Waals surface area contributed by atoms with Crippen molar-refractivity contribution in [3.05, 3.63) is 99.8 Å². The van der Waals surface area contributed by atoms with E-state index in [9.17, 15) is 4.79 Å². The Bertz CT molecular complexity index is 1120. The zero-order chi connectivity index (χ0) is 21.8. The lowest BCUT2D eigenvalue weighted by molar-refractivity contribution is -0.138. The molecular weight excluding hydrogens is 412 g/mol. The molecule has 0 saturated carbocycles. The molecule has 4 nitrogen and oxygen atoms in total. The van der Waals surface area contributed by atoms with Crippen LogP contribution >= 0.6 is 11.6 Å². The highest BCUT2D eigenvalue weighted by Crippen LogP contribution is 2.40. The Balaban J connectivity index is 1.58. The molecule has 0 spiro atoms. The van der Waals surface area contributed by atoms with Crippen molar-refractivity contribution in [2.75, 3.05) is 14.2 Å². The molecule has 0 aromatic heterocycles. The van der Waals surface area contributed by atoms with Crippen LogP contribution in [0.1, 0.15) is 34.6 Å². The van der Waals surface area contributed by atoms with Crippen LogP contribution in [-0.2, 0) is 16.0 Å². The number of hydrogen-bond donors (Lipinski definition) is 0. The SMILES string of the molecule is COc1ccc(CC(=O)OC2=Cc3ccc(OC)cc3C(c3cccc(Cl)c3)C2)cc1. The Hall–Kier alpha value is -3.24. The van der Waals surface area contributed by atoms with Crippen LogP contribution in [-0.4, -0.2) is 20.2 Å². The number of methoxy groups -OCH3 is 2. The Morgan fingerprint density at radius 2 is 1.71 bits per heavy atom. The summed E-state index contributed by atoms with van der Waals surface area (Å²) in [6.07, 6.45) is 2.69. The van der Waals surface area contributed by atoms with Crippen molar-refractivity contribution in [2.24, 2.45) is 0 Å². The van der Waals surface area contributed by atoms with E-state index in [2.05, 4.69) is 0 Å². The molecule has 1 unspecified atom stereocenters. The van der Waals surface area contributed by atoms with Crippen LogP contribution in [0.5, 0.6) is 11.5 Å². The van der Waals surface area contributed by atoms with Gasteiger partial charge in [-0.25, -0.2) is 0 Å². The monoisotopic (exact) mass is 434 g/mol. The van der Waals surface area contributed by atoms with Crippen molar-refractivity contribution >= 4 is 23.6 Å². The molecule has 0 amide bonds. The summed E-state index contributed by atoms with van der Waals surface area (Å²) in [5.74, 6) is 1.90. The summed E-state index contributed by atoms with van der Waals surface area (Å²) in [5, 5.41) is 0.676. The van der Waals surface area contributed by atoms with Crippen LogP contribution < -0.4 is 9.47 Å². The first-order valence-corrected chi connectivity index (χ1v) is 10.4. The van der Waals surface area contributed by atoms with E-state index in [0.717, 1.165) is 33.8 Å². The van der Waals surface area contributed by atoms with E-state index < -0.39 is 0 Å². The predicted octanol–water partition coefficient (Wildman–Crippen LogP) is 6.02. The number of esters is 1. The maximum atomic E-state index is 12.6. The number of rotatable bonds is 6. The van der Waals surface area contributed by atoms with Gasteiger partial charge >= 0.3 is 5.97 Å². The summed E-state index contributed by atoms with van der Waals surface area (Å²) >= 11 is 6.25. The molecule has 0 aliphatic heterocycles. The highest BCUT2D eigenvalue weighted by atomic mass is 35.5. The van der Waals surface area contributed by atoms with Crippen LogP contribution in [0, 0.1) is 0 Å². The van der Waals surface area contributed by atoms with Gasteiger partial charge in [0.15, 0.2) is 0 Å². The van der Waals surface area contributed by atoms with E-state index in [1.165, 1.54) is 0 Å². The van der Waals surface area contributed by atoms with Gasteiger partial charge in [-0.3, -0.25) is 4.79 Å². The van der Waals surface area contributed by atoms with Crippen molar-refractivity contribution in [2.45, 2.75) is 18.8 Å². The molecular formula is C26H23ClO4. The van der Waals surface area contributed by atoms with E-state index >= 15 is 0 Å². The van der Waals surface area contributed by atoms with Crippen molar-refractivity contribution in [1.82, 2.24) is 0 Å². The highest BCUT2D eigenvalue weighted by molar-refractivity contribution is 6.30. The molecule has 0 bridgehead atoms. The fourth-order valence-corrected chi connectivity index (χ4v) is 4.04. The fourth-order valence-electron chi connectivity index (χ4n) is 3.84. The topological polar surface area (TPSA) is 44.8 Å². The Morgan fingerprint density at radius 3 is 2.42 bits per heavy atom. The summed E-state index contributed by atoms with van der Waals surface area (Å²) in [7, 11) is 3.27. The Kier molecular flexibility index (Phi) is 6.28. The van der Waals surface area contributed by atoms with Crippen LogP contribution in [0.15, 0.2) is 72.5 Å². The molecule has 1 atom stereocenters. The zero-order valence-electron chi connectivity index (χ0n) is 17.4. The molecule has 0 N–H and O–H groups in total. The second-order valence-electron chi connectivity index (χ2n) is 7.42. The Morgan fingerprint density at radius 1 is 0.968 bits per heavy atom. The minimum atomic E-state index is -0.293. The highest BCUT2D eigenvalue weighted by Gasteiger charge is 2.26. The molecule has 1 aliphatic rings. The number of ether oxygens (including phenoxy) is 3. The number of hydrogen-bond acceptors (Lipinski definition) is 4. The van der Waals surface area contributed by atoms with Crippen molar-refractivity contribution < 1.29 is 19.0 Å². The predicted molar refractivity (Wildman–Crippen MR) is 122 cm³/mol. The molecule has 158 valence electrons. The molecule has 31 heavy (non-hydrogen) atoms. The van der Waals surface area contributed by atoms with Gasteiger partial charge in [-0.2, -0.15) is 0 Å². The minimum absolute atomic E-state index is 0.0117. The third-order valence-electron chi connectivity index (χ3n) is 5.39. The van der Waals surface area contributed by atoms with Gasteiger partial charge in [0.1, 0.15) is 17.3 Å². The van der Waals surface area contributed by atoms with Crippen molar-refractivity contribution in [1.29, 1.82) is 0 Å². The van der Waals surface area contributed by atoms with Crippen LogP contribution in [0.25, 0.3) is 6.08 Å². The van der Waals surface area contributed by atoms with E-state index in [-0.39, 0.29) is 18.3 Å². The van der Waals surface area contributed by atoms with Crippen molar-refractivity contribution in [3.8, 4) is 11.5 Å². The largest absolute Gasteiger partial charge is 0.497 e. The lowest BCUT2D eigenvalue weighted by atomic mass is 9.81. The lowest BCUT2D eigenvalue weighted by Gasteiger charge is -2.26. The van der Waals surface area contributed by atoms with E-state index in [4.69, 9.17) is 25.8 Å². The number of carbonyl (C=O) groups excluding carboxylic acids is 1. The summed E-state index contributed by atoms with van der Waals surface area (Å²) in [5.41, 5.74) is 4.07. The Labute approximate surface area is 187 Å². The van der Waals surface area contributed by atoms with Gasteiger partial charge in [-0.15, -0.1) is 0 Å². The number of benzene rings is 3. The van der Waals surface area contributed by atoms with Gasteiger partial charge in [0.05, 0.1) is 20.6 Å². The third kappa shape index (κ3) is 4.92. The van der Waals surface area contributed by atoms with Crippen LogP contribution in [0.4, 0.5) is 0 Å². The first-order chi connectivity index (χ1) is 15.1. The summed E-state index contributed by atoms with van der Waals surface area (Å²) in [6.45, 7) is 0. The molecule has 0 heterocycles. The van der Waals surface area contributed by atoms with Gasteiger partial charge in [-0.05, 0) is 64.7 Å². The normalized spacial score (nSPS) is 14.9. The smallest absolute Gasteiger partial charge is 0.315 e. The molecule has 4 rings (SSSR count). The molecule has 1 aliphatic carbocycles. The average molecular weight is 435 g/mol. The van der Waals surface area contributed by atoms with Crippen LogP contribution in [0.2, 0.25) is 5.02 Å². The van der Waals surface area contributed by atoms with Gasteiger partial charge in [0, 0.05) is 17.4 Å². The minimum Gasteiger partial charge on any atom is -0.497 e. The number of halogens is 1. The standard InChI is InChI=1S/C26H23ClO4/c1-29-21-9-6-17(7-10-21)12-26(28)31-23-14-19-8-11-22(30-2)15-24(19)25(16-23)18-4-3-5-20(27)13-18/h3-11,13-15,25H,12,16H2,1-2H3. The molecule has 5 heteroatoms. The molecule has 0 fully saturated rings.